The molecule has 0 radical (unpaired) electrons. The minimum atomic E-state index is -0.312. The maximum absolute atomic E-state index is 12.3. The Labute approximate surface area is 135 Å². The van der Waals surface area contributed by atoms with E-state index in [2.05, 4.69) is 20.1 Å². The summed E-state index contributed by atoms with van der Waals surface area (Å²) in [6.07, 6.45) is 7.58. The zero-order valence-electron chi connectivity index (χ0n) is 13.5. The average Bonchev–Trinajstić information content (AvgIpc) is 3.09. The van der Waals surface area contributed by atoms with Crippen LogP contribution in [0.5, 0.6) is 0 Å². The molecule has 0 amide bonds. The van der Waals surface area contributed by atoms with E-state index in [4.69, 9.17) is 4.74 Å². The van der Waals surface area contributed by atoms with Crippen LogP contribution in [0.1, 0.15) is 48.5 Å². The summed E-state index contributed by atoms with van der Waals surface area (Å²) in [5.74, 6) is 0.804. The SMILES string of the molecule is CC(C)OC(=O)c1cccnc1N1CCC[C@@H](c2cn[nH]c2)C1. The summed E-state index contributed by atoms with van der Waals surface area (Å²) in [7, 11) is 0. The number of aromatic amines is 1. The molecule has 3 heterocycles. The van der Waals surface area contributed by atoms with E-state index in [0.717, 1.165) is 25.9 Å². The molecule has 1 N–H and O–H groups in total. The molecule has 23 heavy (non-hydrogen) atoms. The molecule has 0 aromatic carbocycles. The van der Waals surface area contributed by atoms with Gasteiger partial charge in [0.05, 0.1) is 12.3 Å². The topological polar surface area (TPSA) is 71.1 Å². The number of esters is 1. The maximum atomic E-state index is 12.3. The number of ether oxygens (including phenoxy) is 1. The van der Waals surface area contributed by atoms with Crippen molar-refractivity contribution in [3.8, 4) is 0 Å². The molecule has 1 aliphatic rings. The van der Waals surface area contributed by atoms with E-state index in [1.807, 2.05) is 26.2 Å². The minimum absolute atomic E-state index is 0.143. The molecular formula is C17H22N4O2. The molecule has 6 heteroatoms. The summed E-state index contributed by atoms with van der Waals surface area (Å²) in [6, 6.07) is 3.56. The fourth-order valence-electron chi connectivity index (χ4n) is 3.01. The lowest BCUT2D eigenvalue weighted by Gasteiger charge is -2.34. The molecule has 1 fully saturated rings. The summed E-state index contributed by atoms with van der Waals surface area (Å²) in [5.41, 5.74) is 1.74. The number of hydrogen-bond donors (Lipinski definition) is 1. The largest absolute Gasteiger partial charge is 0.459 e. The number of piperidine rings is 1. The van der Waals surface area contributed by atoms with Crippen molar-refractivity contribution in [1.82, 2.24) is 15.2 Å². The van der Waals surface area contributed by atoms with E-state index in [9.17, 15) is 4.79 Å². The Kier molecular flexibility index (Phi) is 4.60. The highest BCUT2D eigenvalue weighted by atomic mass is 16.5. The van der Waals surface area contributed by atoms with Crippen molar-refractivity contribution in [2.45, 2.75) is 38.7 Å². The van der Waals surface area contributed by atoms with Gasteiger partial charge in [-0.1, -0.05) is 0 Å². The van der Waals surface area contributed by atoms with Crippen molar-refractivity contribution in [3.63, 3.8) is 0 Å². The molecule has 1 saturated heterocycles. The van der Waals surface area contributed by atoms with Gasteiger partial charge in [-0.2, -0.15) is 5.10 Å². The van der Waals surface area contributed by atoms with Gasteiger partial charge in [0.25, 0.3) is 0 Å². The predicted molar refractivity (Wildman–Crippen MR) is 87.6 cm³/mol. The van der Waals surface area contributed by atoms with Crippen LogP contribution in [0, 0.1) is 0 Å². The Balaban J connectivity index is 1.82. The van der Waals surface area contributed by atoms with Crippen LogP contribution >= 0.6 is 0 Å². The number of pyridine rings is 1. The third-order valence-electron chi connectivity index (χ3n) is 4.06. The lowest BCUT2D eigenvalue weighted by atomic mass is 9.92. The zero-order chi connectivity index (χ0) is 16.2. The van der Waals surface area contributed by atoms with Gasteiger partial charge in [0.2, 0.25) is 0 Å². The first-order chi connectivity index (χ1) is 11.1. The number of rotatable bonds is 4. The zero-order valence-corrected chi connectivity index (χ0v) is 13.5. The highest BCUT2D eigenvalue weighted by Crippen LogP contribution is 2.30. The van der Waals surface area contributed by atoms with Crippen molar-refractivity contribution in [2.24, 2.45) is 0 Å². The first-order valence-electron chi connectivity index (χ1n) is 8.04. The Bertz CT molecular complexity index is 654. The summed E-state index contributed by atoms with van der Waals surface area (Å²) in [6.45, 7) is 5.43. The summed E-state index contributed by atoms with van der Waals surface area (Å²) >= 11 is 0. The van der Waals surface area contributed by atoms with Crippen LogP contribution in [-0.2, 0) is 4.74 Å². The molecule has 6 nitrogen and oxygen atoms in total. The Hall–Kier alpha value is -2.37. The van der Waals surface area contributed by atoms with E-state index in [-0.39, 0.29) is 12.1 Å². The van der Waals surface area contributed by atoms with E-state index < -0.39 is 0 Å². The van der Waals surface area contributed by atoms with E-state index in [1.165, 1.54) is 5.56 Å². The van der Waals surface area contributed by atoms with Gasteiger partial charge in [0.15, 0.2) is 0 Å². The Morgan fingerprint density at radius 3 is 3.09 bits per heavy atom. The Morgan fingerprint density at radius 1 is 1.48 bits per heavy atom. The van der Waals surface area contributed by atoms with E-state index in [0.29, 0.717) is 17.3 Å². The molecule has 2 aromatic heterocycles. The van der Waals surface area contributed by atoms with E-state index >= 15 is 0 Å². The third kappa shape index (κ3) is 3.52. The Morgan fingerprint density at radius 2 is 2.35 bits per heavy atom. The molecule has 0 bridgehead atoms. The summed E-state index contributed by atoms with van der Waals surface area (Å²) in [4.78, 5) is 19.0. The normalized spacial score (nSPS) is 18.2. The van der Waals surface area contributed by atoms with E-state index in [1.54, 1.807) is 18.3 Å². The fraction of sp³-hybridized carbons (Fsp3) is 0.471. The van der Waals surface area contributed by atoms with Crippen LogP contribution in [-0.4, -0.2) is 40.3 Å². The number of carbonyl (C=O) groups is 1. The van der Waals surface area contributed by atoms with Crippen molar-refractivity contribution >= 4 is 11.8 Å². The van der Waals surface area contributed by atoms with Crippen LogP contribution < -0.4 is 4.90 Å². The maximum Gasteiger partial charge on any atom is 0.342 e. The second-order valence-electron chi connectivity index (χ2n) is 6.15. The average molecular weight is 314 g/mol. The van der Waals surface area contributed by atoms with Gasteiger partial charge < -0.3 is 9.64 Å². The lowest BCUT2D eigenvalue weighted by Crippen LogP contribution is -2.36. The molecule has 0 aliphatic carbocycles. The van der Waals surface area contributed by atoms with Gasteiger partial charge >= 0.3 is 5.97 Å². The van der Waals surface area contributed by atoms with Crippen LogP contribution in [0.2, 0.25) is 0 Å². The quantitative estimate of drug-likeness (QED) is 0.879. The smallest absolute Gasteiger partial charge is 0.342 e. The molecule has 0 spiro atoms. The lowest BCUT2D eigenvalue weighted by molar-refractivity contribution is 0.0378. The fourth-order valence-corrected chi connectivity index (χ4v) is 3.01. The van der Waals surface area contributed by atoms with Crippen molar-refractivity contribution in [3.05, 3.63) is 41.9 Å². The number of H-pyrrole nitrogens is 1. The van der Waals surface area contributed by atoms with Crippen LogP contribution in [0.25, 0.3) is 0 Å². The number of nitrogens with one attached hydrogen (secondary N) is 1. The van der Waals surface area contributed by atoms with Gasteiger partial charge in [-0.15, -0.1) is 0 Å². The van der Waals surface area contributed by atoms with Gasteiger partial charge in [-0.05, 0) is 44.4 Å². The molecule has 0 saturated carbocycles. The monoisotopic (exact) mass is 314 g/mol. The molecule has 1 aliphatic heterocycles. The molecule has 3 rings (SSSR count). The number of anilines is 1. The van der Waals surface area contributed by atoms with Gasteiger partial charge in [-0.3, -0.25) is 5.10 Å². The van der Waals surface area contributed by atoms with Gasteiger partial charge in [0.1, 0.15) is 11.4 Å². The van der Waals surface area contributed by atoms with Crippen LogP contribution in [0.15, 0.2) is 30.7 Å². The molecule has 0 unspecified atom stereocenters. The summed E-state index contributed by atoms with van der Waals surface area (Å²) in [5, 5.41) is 6.91. The molecule has 122 valence electrons. The summed E-state index contributed by atoms with van der Waals surface area (Å²) < 4.78 is 5.35. The third-order valence-corrected chi connectivity index (χ3v) is 4.06. The highest BCUT2D eigenvalue weighted by molar-refractivity contribution is 5.94. The minimum Gasteiger partial charge on any atom is -0.459 e. The van der Waals surface area contributed by atoms with Crippen molar-refractivity contribution in [1.29, 1.82) is 0 Å². The second kappa shape index (κ2) is 6.81. The van der Waals surface area contributed by atoms with Crippen LogP contribution in [0.3, 0.4) is 0 Å². The number of nitrogens with zero attached hydrogens (tertiary/aromatic N) is 3. The van der Waals surface area contributed by atoms with Crippen LogP contribution in [0.4, 0.5) is 5.82 Å². The number of carbonyl (C=O) groups excluding carboxylic acids is 1. The molecule has 2 aromatic rings. The first kappa shape index (κ1) is 15.5. The molecule has 1 atom stereocenters. The van der Waals surface area contributed by atoms with Gasteiger partial charge in [0, 0.05) is 31.4 Å². The number of hydrogen-bond acceptors (Lipinski definition) is 5. The second-order valence-corrected chi connectivity index (χ2v) is 6.15. The molecular weight excluding hydrogens is 292 g/mol. The number of aromatic nitrogens is 3. The standard InChI is InChI=1S/C17H22N4O2/c1-12(2)23-17(22)15-6-3-7-18-16(15)21-8-4-5-13(11-21)14-9-19-20-10-14/h3,6-7,9-10,12-13H,4-5,8,11H2,1-2H3,(H,19,20)/t13-/m1/s1. The first-order valence-corrected chi connectivity index (χ1v) is 8.04. The highest BCUT2D eigenvalue weighted by Gasteiger charge is 2.26. The van der Waals surface area contributed by atoms with Crippen molar-refractivity contribution in [2.75, 3.05) is 18.0 Å². The van der Waals surface area contributed by atoms with Gasteiger partial charge in [-0.25, -0.2) is 9.78 Å². The van der Waals surface area contributed by atoms with Crippen molar-refractivity contribution < 1.29 is 9.53 Å². The predicted octanol–water partition coefficient (Wildman–Crippen LogP) is 2.75.